The summed E-state index contributed by atoms with van der Waals surface area (Å²) in [7, 11) is 0. The maximum Gasteiger partial charge on any atom is 0.157 e. The van der Waals surface area contributed by atoms with Gasteiger partial charge in [0, 0.05) is 5.02 Å². The summed E-state index contributed by atoms with van der Waals surface area (Å²) in [5.41, 5.74) is 5.12. The first kappa shape index (κ1) is 11.4. The summed E-state index contributed by atoms with van der Waals surface area (Å²) >= 11 is 17.3. The second-order valence-corrected chi connectivity index (χ2v) is 3.76. The normalized spacial score (nSPS) is 9.93. The zero-order valence-electron chi connectivity index (χ0n) is 6.98. The summed E-state index contributed by atoms with van der Waals surface area (Å²) in [5, 5.41) is 7.98. The predicted molar refractivity (Wildman–Crippen MR) is 58.9 cm³/mol. The van der Waals surface area contributed by atoms with Crippen molar-refractivity contribution in [2.24, 2.45) is 5.73 Å². The minimum atomic E-state index is -0.105. The van der Waals surface area contributed by atoms with E-state index in [1.165, 1.54) is 12.1 Å². The topological polar surface area (TPSA) is 59.1 Å². The zero-order chi connectivity index (χ0) is 10.7. The van der Waals surface area contributed by atoms with E-state index in [-0.39, 0.29) is 18.2 Å². The number of benzene rings is 1. The Bertz CT molecular complexity index is 345. The Morgan fingerprint density at radius 1 is 1.29 bits per heavy atom. The van der Waals surface area contributed by atoms with Crippen LogP contribution in [0.25, 0.3) is 0 Å². The molecule has 0 aliphatic carbocycles. The van der Waals surface area contributed by atoms with Crippen molar-refractivity contribution in [1.82, 2.24) is 0 Å². The lowest BCUT2D eigenvalue weighted by atomic mass is 10.3. The van der Waals surface area contributed by atoms with Crippen LogP contribution in [0.15, 0.2) is 12.1 Å². The van der Waals surface area contributed by atoms with E-state index in [9.17, 15) is 0 Å². The third-order valence-electron chi connectivity index (χ3n) is 1.34. The van der Waals surface area contributed by atoms with Crippen LogP contribution < -0.4 is 10.5 Å². The van der Waals surface area contributed by atoms with Crippen LogP contribution in [0.3, 0.4) is 0 Å². The van der Waals surface area contributed by atoms with Crippen molar-refractivity contribution in [2.75, 3.05) is 6.61 Å². The van der Waals surface area contributed by atoms with Gasteiger partial charge in [0.15, 0.2) is 5.75 Å². The third-order valence-corrected chi connectivity index (χ3v) is 2.11. The van der Waals surface area contributed by atoms with E-state index in [0.717, 1.165) is 0 Å². The quantitative estimate of drug-likeness (QED) is 0.643. The van der Waals surface area contributed by atoms with Crippen LogP contribution in [0.1, 0.15) is 0 Å². The van der Waals surface area contributed by atoms with Gasteiger partial charge in [-0.1, -0.05) is 34.8 Å². The average Bonchev–Trinajstić information content (AvgIpc) is 2.01. The maximum atomic E-state index is 6.97. The van der Waals surface area contributed by atoms with Gasteiger partial charge in [0.2, 0.25) is 0 Å². The molecule has 0 bridgehead atoms. The summed E-state index contributed by atoms with van der Waals surface area (Å²) < 4.78 is 5.11. The Morgan fingerprint density at radius 3 is 2.21 bits per heavy atom. The molecule has 1 aromatic carbocycles. The van der Waals surface area contributed by atoms with Gasteiger partial charge in [-0.15, -0.1) is 0 Å². The monoisotopic (exact) mass is 252 g/mol. The molecule has 0 saturated carbocycles. The largest absolute Gasteiger partial charge is 0.483 e. The highest BCUT2D eigenvalue weighted by molar-refractivity contribution is 6.40. The Hall–Kier alpha value is -0.640. The highest BCUT2D eigenvalue weighted by atomic mass is 35.5. The minimum absolute atomic E-state index is 0.0545. The van der Waals surface area contributed by atoms with Crippen LogP contribution in [0.4, 0.5) is 0 Å². The molecule has 1 aromatic rings. The molecule has 3 nitrogen and oxygen atoms in total. The fourth-order valence-corrected chi connectivity index (χ4v) is 1.74. The van der Waals surface area contributed by atoms with Gasteiger partial charge in [0.05, 0.1) is 10.0 Å². The second-order valence-electron chi connectivity index (χ2n) is 2.51. The molecular weight excluding hydrogens is 246 g/mol. The third kappa shape index (κ3) is 2.94. The molecule has 0 radical (unpaired) electrons. The SMILES string of the molecule is N=C(N)COc1c(Cl)cc(Cl)cc1Cl. The van der Waals surface area contributed by atoms with Gasteiger partial charge in [-0.05, 0) is 12.1 Å². The number of ether oxygens (including phenoxy) is 1. The molecule has 14 heavy (non-hydrogen) atoms. The average molecular weight is 254 g/mol. The fourth-order valence-electron chi connectivity index (χ4n) is 0.817. The van der Waals surface area contributed by atoms with Crippen LogP contribution in [-0.4, -0.2) is 12.4 Å². The first-order chi connectivity index (χ1) is 6.50. The van der Waals surface area contributed by atoms with E-state index in [1.54, 1.807) is 0 Å². The van der Waals surface area contributed by atoms with Gasteiger partial charge in [-0.25, -0.2) is 0 Å². The van der Waals surface area contributed by atoms with Crippen LogP contribution in [0.5, 0.6) is 5.75 Å². The molecule has 6 heteroatoms. The van der Waals surface area contributed by atoms with Crippen molar-refractivity contribution in [3.63, 3.8) is 0 Å². The number of nitrogens with two attached hydrogens (primary N) is 1. The van der Waals surface area contributed by atoms with E-state index in [4.69, 9.17) is 50.7 Å². The molecule has 0 atom stereocenters. The first-order valence-corrected chi connectivity index (χ1v) is 4.74. The Morgan fingerprint density at radius 2 is 1.79 bits per heavy atom. The molecule has 1 rings (SSSR count). The number of hydrogen-bond donors (Lipinski definition) is 2. The number of amidine groups is 1. The van der Waals surface area contributed by atoms with E-state index in [1.807, 2.05) is 0 Å². The molecule has 0 unspecified atom stereocenters. The van der Waals surface area contributed by atoms with Crippen LogP contribution in [0.2, 0.25) is 15.1 Å². The molecule has 0 saturated heterocycles. The smallest absolute Gasteiger partial charge is 0.157 e. The summed E-state index contributed by atoms with van der Waals surface area (Å²) in [5.74, 6) is 0.181. The van der Waals surface area contributed by atoms with Gasteiger partial charge in [0.1, 0.15) is 12.4 Å². The number of rotatable bonds is 3. The molecule has 0 aromatic heterocycles. The highest BCUT2D eigenvalue weighted by Gasteiger charge is 2.09. The van der Waals surface area contributed by atoms with Crippen LogP contribution in [-0.2, 0) is 0 Å². The molecule has 0 aliphatic heterocycles. The minimum Gasteiger partial charge on any atom is -0.483 e. The molecule has 3 N–H and O–H groups in total. The van der Waals surface area contributed by atoms with Gasteiger partial charge in [0.25, 0.3) is 0 Å². The zero-order valence-corrected chi connectivity index (χ0v) is 9.25. The maximum absolute atomic E-state index is 6.97. The van der Waals surface area contributed by atoms with Crippen molar-refractivity contribution in [3.05, 3.63) is 27.2 Å². The molecule has 0 aliphatic rings. The standard InChI is InChI=1S/C8H7Cl3N2O/c9-4-1-5(10)8(6(11)2-4)14-3-7(12)13/h1-2H,3H2,(H3,12,13). The van der Waals surface area contributed by atoms with Gasteiger partial charge in [-0.2, -0.15) is 0 Å². The molecule has 0 spiro atoms. The van der Waals surface area contributed by atoms with E-state index < -0.39 is 0 Å². The van der Waals surface area contributed by atoms with E-state index in [2.05, 4.69) is 0 Å². The molecule has 0 heterocycles. The van der Waals surface area contributed by atoms with E-state index in [0.29, 0.717) is 15.1 Å². The summed E-state index contributed by atoms with van der Waals surface area (Å²) in [6, 6.07) is 3.01. The van der Waals surface area contributed by atoms with Crippen molar-refractivity contribution >= 4 is 40.6 Å². The first-order valence-electron chi connectivity index (χ1n) is 3.61. The van der Waals surface area contributed by atoms with Crippen molar-refractivity contribution in [2.45, 2.75) is 0 Å². The summed E-state index contributed by atoms with van der Waals surface area (Å²) in [4.78, 5) is 0. The van der Waals surface area contributed by atoms with Crippen LogP contribution in [0, 0.1) is 5.41 Å². The van der Waals surface area contributed by atoms with Gasteiger partial charge in [-0.3, -0.25) is 5.41 Å². The number of hydrogen-bond acceptors (Lipinski definition) is 2. The Labute approximate surface area is 96.2 Å². The molecule has 0 fully saturated rings. The van der Waals surface area contributed by atoms with Crippen molar-refractivity contribution in [3.8, 4) is 5.75 Å². The van der Waals surface area contributed by atoms with E-state index >= 15 is 0 Å². The highest BCUT2D eigenvalue weighted by Crippen LogP contribution is 2.35. The predicted octanol–water partition coefficient (Wildman–Crippen LogP) is 2.96. The Balaban J connectivity index is 2.91. The number of halogens is 3. The lowest BCUT2D eigenvalue weighted by molar-refractivity contribution is 0.375. The lowest BCUT2D eigenvalue weighted by Gasteiger charge is -2.08. The summed E-state index contributed by atoms with van der Waals surface area (Å²) in [6.07, 6.45) is 0. The Kier molecular flexibility index (Phi) is 3.86. The molecule has 0 amide bonds. The fraction of sp³-hybridized carbons (Fsp3) is 0.125. The molecular formula is C8H7Cl3N2O. The lowest BCUT2D eigenvalue weighted by Crippen LogP contribution is -2.19. The molecule has 76 valence electrons. The van der Waals surface area contributed by atoms with Gasteiger partial charge < -0.3 is 10.5 Å². The summed E-state index contributed by atoms with van der Waals surface area (Å²) in [6.45, 7) is -0.0545. The van der Waals surface area contributed by atoms with Crippen LogP contribution >= 0.6 is 34.8 Å². The van der Waals surface area contributed by atoms with Gasteiger partial charge >= 0.3 is 0 Å². The van der Waals surface area contributed by atoms with Crippen molar-refractivity contribution in [1.29, 1.82) is 5.41 Å². The van der Waals surface area contributed by atoms with Crippen molar-refractivity contribution < 1.29 is 4.74 Å². The second kappa shape index (κ2) is 4.73. The number of nitrogens with one attached hydrogen (secondary N) is 1.